The number of nitro groups is 1. The van der Waals surface area contributed by atoms with Crippen LogP contribution in [0.15, 0.2) is 82.7 Å². The second kappa shape index (κ2) is 10.9. The number of ether oxygens (including phenoxy) is 2. The van der Waals surface area contributed by atoms with Crippen LogP contribution in [0.1, 0.15) is 19.4 Å². The largest absolute Gasteiger partial charge is 0.494 e. The molecule has 0 radical (unpaired) electrons. The molecule has 0 spiro atoms. The lowest BCUT2D eigenvalue weighted by Crippen LogP contribution is -2.28. The number of thioether (sulfide) groups is 1. The van der Waals surface area contributed by atoms with Gasteiger partial charge in [0, 0.05) is 12.1 Å². The summed E-state index contributed by atoms with van der Waals surface area (Å²) in [5.74, 6) is 1.17. The van der Waals surface area contributed by atoms with E-state index in [0.29, 0.717) is 46.0 Å². The van der Waals surface area contributed by atoms with Gasteiger partial charge in [-0.3, -0.25) is 19.8 Å². The molecule has 3 aromatic carbocycles. The van der Waals surface area contributed by atoms with Gasteiger partial charge in [0.25, 0.3) is 11.6 Å². The summed E-state index contributed by atoms with van der Waals surface area (Å²) in [5, 5.41) is 11.6. The van der Waals surface area contributed by atoms with E-state index >= 15 is 0 Å². The lowest BCUT2D eigenvalue weighted by molar-refractivity contribution is -0.384. The molecule has 35 heavy (non-hydrogen) atoms. The number of hydrogen-bond donors (Lipinski definition) is 0. The Balaban J connectivity index is 1.72. The van der Waals surface area contributed by atoms with Crippen LogP contribution in [0, 0.1) is 10.1 Å². The number of aliphatic imine (C=N–C) groups is 1. The third kappa shape index (κ3) is 5.70. The molecule has 1 amide bonds. The van der Waals surface area contributed by atoms with Crippen molar-refractivity contribution in [3.05, 3.63) is 93.4 Å². The number of benzene rings is 3. The molecular weight excluding hydrogens is 466 g/mol. The molecule has 0 bridgehead atoms. The van der Waals surface area contributed by atoms with Crippen molar-refractivity contribution in [1.29, 1.82) is 0 Å². The smallest absolute Gasteiger partial charge is 0.271 e. The highest BCUT2D eigenvalue weighted by Gasteiger charge is 2.35. The van der Waals surface area contributed by atoms with Crippen LogP contribution in [-0.2, 0) is 4.79 Å². The van der Waals surface area contributed by atoms with Gasteiger partial charge < -0.3 is 9.47 Å². The van der Waals surface area contributed by atoms with Crippen LogP contribution in [-0.4, -0.2) is 29.2 Å². The van der Waals surface area contributed by atoms with E-state index in [2.05, 4.69) is 0 Å². The molecule has 0 aliphatic carbocycles. The molecule has 178 valence electrons. The summed E-state index contributed by atoms with van der Waals surface area (Å²) >= 11 is 1.21. The van der Waals surface area contributed by atoms with Crippen LogP contribution in [0.4, 0.5) is 17.1 Å². The van der Waals surface area contributed by atoms with E-state index in [1.54, 1.807) is 42.5 Å². The van der Waals surface area contributed by atoms with Gasteiger partial charge in [0.1, 0.15) is 11.5 Å². The summed E-state index contributed by atoms with van der Waals surface area (Å²) in [5.41, 5.74) is 1.82. The quantitative estimate of drug-likeness (QED) is 0.212. The molecule has 0 N–H and O–H groups in total. The first-order chi connectivity index (χ1) is 17.0. The van der Waals surface area contributed by atoms with Crippen LogP contribution in [0.3, 0.4) is 0 Å². The van der Waals surface area contributed by atoms with Crippen LogP contribution in [0.2, 0.25) is 0 Å². The van der Waals surface area contributed by atoms with Crippen molar-refractivity contribution in [1.82, 2.24) is 0 Å². The summed E-state index contributed by atoms with van der Waals surface area (Å²) in [7, 11) is 0. The van der Waals surface area contributed by atoms with Crippen molar-refractivity contribution < 1.29 is 19.2 Å². The number of anilines is 1. The lowest BCUT2D eigenvalue weighted by Gasteiger charge is -2.16. The van der Waals surface area contributed by atoms with E-state index in [0.717, 1.165) is 5.75 Å². The van der Waals surface area contributed by atoms with Crippen LogP contribution >= 0.6 is 11.8 Å². The predicted octanol–water partition coefficient (Wildman–Crippen LogP) is 6.20. The van der Waals surface area contributed by atoms with Crippen LogP contribution in [0.25, 0.3) is 6.08 Å². The minimum absolute atomic E-state index is 0.0403. The number of carbonyl (C=O) groups excluding carboxylic acids is 1. The molecule has 0 unspecified atom stereocenters. The molecule has 0 atom stereocenters. The van der Waals surface area contributed by atoms with Crippen molar-refractivity contribution in [2.45, 2.75) is 13.8 Å². The van der Waals surface area contributed by atoms with Crippen molar-refractivity contribution in [3.63, 3.8) is 0 Å². The van der Waals surface area contributed by atoms with Crippen molar-refractivity contribution >= 4 is 46.0 Å². The first-order valence-electron chi connectivity index (χ1n) is 11.0. The SMILES string of the molecule is CCOc1ccc(N=C2SC(=Cc3cccc([N+](=O)[O-])c3)C(=O)N2c2ccc(OCC)cc2)cc1. The van der Waals surface area contributed by atoms with Gasteiger partial charge in [-0.25, -0.2) is 4.99 Å². The summed E-state index contributed by atoms with van der Waals surface area (Å²) in [6.45, 7) is 4.92. The number of rotatable bonds is 8. The Kier molecular flexibility index (Phi) is 7.47. The van der Waals surface area contributed by atoms with Gasteiger partial charge in [-0.05, 0) is 85.8 Å². The molecule has 0 aromatic heterocycles. The van der Waals surface area contributed by atoms with Gasteiger partial charge in [0.05, 0.1) is 34.4 Å². The first kappa shape index (κ1) is 24.0. The van der Waals surface area contributed by atoms with E-state index in [4.69, 9.17) is 14.5 Å². The average molecular weight is 490 g/mol. The standard InChI is InChI=1S/C26H23N3O5S/c1-3-33-22-12-8-19(9-13-22)27-26-28(20-10-14-23(15-11-20)34-4-2)25(30)24(35-26)17-18-6-5-7-21(16-18)29(31)32/h5-17H,3-4H2,1-2H3. The fraction of sp³-hybridized carbons (Fsp3) is 0.154. The van der Waals surface area contributed by atoms with E-state index in [1.165, 1.54) is 28.8 Å². The molecule has 8 nitrogen and oxygen atoms in total. The number of amides is 1. The molecule has 3 aromatic rings. The summed E-state index contributed by atoms with van der Waals surface area (Å²) in [6.07, 6.45) is 1.64. The third-order valence-electron chi connectivity index (χ3n) is 4.96. The maximum Gasteiger partial charge on any atom is 0.271 e. The average Bonchev–Trinajstić information content (AvgIpc) is 3.15. The summed E-state index contributed by atoms with van der Waals surface area (Å²) < 4.78 is 11.0. The fourth-order valence-electron chi connectivity index (χ4n) is 3.41. The number of nitrogens with zero attached hydrogens (tertiary/aromatic N) is 3. The van der Waals surface area contributed by atoms with Crippen molar-refractivity contribution in [2.24, 2.45) is 4.99 Å². The maximum absolute atomic E-state index is 13.5. The number of carbonyl (C=O) groups is 1. The lowest BCUT2D eigenvalue weighted by atomic mass is 10.2. The molecule has 1 aliphatic rings. The summed E-state index contributed by atoms with van der Waals surface area (Å²) in [4.78, 5) is 30.8. The highest BCUT2D eigenvalue weighted by molar-refractivity contribution is 8.19. The number of hydrogen-bond acceptors (Lipinski definition) is 7. The second-order valence-corrected chi connectivity index (χ2v) is 8.36. The number of nitro benzene ring substituents is 1. The van der Waals surface area contributed by atoms with Gasteiger partial charge >= 0.3 is 0 Å². The molecule has 0 saturated carbocycles. The Morgan fingerprint density at radius 1 is 0.971 bits per heavy atom. The molecule has 9 heteroatoms. The molecule has 4 rings (SSSR count). The minimum atomic E-state index is -0.462. The van der Waals surface area contributed by atoms with Gasteiger partial charge in [-0.15, -0.1) is 0 Å². The fourth-order valence-corrected chi connectivity index (χ4v) is 4.41. The number of non-ortho nitro benzene ring substituents is 1. The maximum atomic E-state index is 13.5. The van der Waals surface area contributed by atoms with Gasteiger partial charge in [-0.2, -0.15) is 0 Å². The van der Waals surface area contributed by atoms with E-state index in [1.807, 2.05) is 38.1 Å². The Labute approximate surface area is 207 Å². The monoisotopic (exact) mass is 489 g/mol. The zero-order chi connectivity index (χ0) is 24.8. The topological polar surface area (TPSA) is 94.3 Å². The Morgan fingerprint density at radius 3 is 2.20 bits per heavy atom. The molecule has 1 saturated heterocycles. The summed E-state index contributed by atoms with van der Waals surface area (Å²) in [6, 6.07) is 20.6. The molecule has 1 aliphatic heterocycles. The van der Waals surface area contributed by atoms with E-state index in [-0.39, 0.29) is 11.6 Å². The van der Waals surface area contributed by atoms with Gasteiger partial charge in [0.2, 0.25) is 0 Å². The minimum Gasteiger partial charge on any atom is -0.494 e. The Bertz CT molecular complexity index is 1290. The second-order valence-electron chi connectivity index (χ2n) is 7.35. The molecule has 1 heterocycles. The zero-order valence-corrected chi connectivity index (χ0v) is 20.0. The van der Waals surface area contributed by atoms with E-state index in [9.17, 15) is 14.9 Å². The van der Waals surface area contributed by atoms with Crippen molar-refractivity contribution in [3.8, 4) is 11.5 Å². The van der Waals surface area contributed by atoms with E-state index < -0.39 is 4.92 Å². The van der Waals surface area contributed by atoms with Gasteiger partial charge in [-0.1, -0.05) is 12.1 Å². The zero-order valence-electron chi connectivity index (χ0n) is 19.2. The van der Waals surface area contributed by atoms with Crippen LogP contribution in [0.5, 0.6) is 11.5 Å². The van der Waals surface area contributed by atoms with Crippen LogP contribution < -0.4 is 14.4 Å². The van der Waals surface area contributed by atoms with Gasteiger partial charge in [0.15, 0.2) is 5.17 Å². The predicted molar refractivity (Wildman–Crippen MR) is 138 cm³/mol. The molecular formula is C26H23N3O5S. The third-order valence-corrected chi connectivity index (χ3v) is 5.93. The highest BCUT2D eigenvalue weighted by Crippen LogP contribution is 2.38. The Hall–Kier alpha value is -4.11. The first-order valence-corrected chi connectivity index (χ1v) is 11.8. The normalized spacial score (nSPS) is 15.6. The highest BCUT2D eigenvalue weighted by atomic mass is 32.2. The number of amidine groups is 1. The van der Waals surface area contributed by atoms with Crippen molar-refractivity contribution in [2.75, 3.05) is 18.1 Å². The Morgan fingerprint density at radius 2 is 1.60 bits per heavy atom. The molecule has 1 fully saturated rings.